The molecule has 0 amide bonds. The Morgan fingerprint density at radius 3 is 2.65 bits per heavy atom. The molecule has 1 N–H and O–H groups in total. The highest BCUT2D eigenvalue weighted by atomic mass is 79.9. The van der Waals surface area contributed by atoms with Gasteiger partial charge in [0.1, 0.15) is 12.5 Å². The van der Waals surface area contributed by atoms with E-state index in [0.717, 1.165) is 6.07 Å². The zero-order valence-corrected chi connectivity index (χ0v) is 17.3. The number of imidazole rings is 1. The molecule has 0 bridgehead atoms. The molecule has 3 aromatic rings. The number of rotatable bonds is 4. The summed E-state index contributed by atoms with van der Waals surface area (Å²) in [5.74, 6) is -1.04. The summed E-state index contributed by atoms with van der Waals surface area (Å²) in [7, 11) is 1.65. The minimum absolute atomic E-state index is 0.0259. The van der Waals surface area contributed by atoms with Crippen molar-refractivity contribution in [2.75, 3.05) is 6.67 Å². The van der Waals surface area contributed by atoms with Crippen molar-refractivity contribution < 1.29 is 13.6 Å². The van der Waals surface area contributed by atoms with Crippen molar-refractivity contribution in [3.05, 3.63) is 60.8 Å². The Balaban J connectivity index is 2.31. The number of aromatic nitrogens is 2. The first-order chi connectivity index (χ1) is 12.3. The highest BCUT2D eigenvalue weighted by Gasteiger charge is 2.24. The molecule has 136 valence electrons. The van der Waals surface area contributed by atoms with Gasteiger partial charge in [0, 0.05) is 17.1 Å². The maximum Gasteiger partial charge on any atom is 0.202 e. The minimum Gasteiger partial charge on any atom is -0.313 e. The van der Waals surface area contributed by atoms with Crippen LogP contribution >= 0.6 is 43.5 Å². The molecule has 0 aliphatic heterocycles. The molecule has 26 heavy (non-hydrogen) atoms. The molecule has 0 atom stereocenters. The third-order valence-corrected chi connectivity index (χ3v) is 5.81. The minimum atomic E-state index is -0.621. The molecule has 0 saturated heterocycles. The number of carbonyl (C=O) groups is 1. The van der Waals surface area contributed by atoms with Crippen LogP contribution in [0.3, 0.4) is 0 Å². The average molecular weight is 508 g/mol. The molecule has 0 saturated carbocycles. The summed E-state index contributed by atoms with van der Waals surface area (Å²) in [6, 6.07) is 5.23. The van der Waals surface area contributed by atoms with Gasteiger partial charge in [-0.1, -0.05) is 11.6 Å². The zero-order valence-electron chi connectivity index (χ0n) is 13.4. The summed E-state index contributed by atoms with van der Waals surface area (Å²) >= 11 is 12.9. The molecule has 0 aliphatic carbocycles. The zero-order chi connectivity index (χ0) is 19.2. The molecular weight excluding hydrogens is 495 g/mol. The Hall–Kier alpha value is -1.51. The Kier molecular flexibility index (Phi) is 5.37. The third-order valence-electron chi connectivity index (χ3n) is 4.08. The first-order valence-corrected chi connectivity index (χ1v) is 9.41. The van der Waals surface area contributed by atoms with Gasteiger partial charge in [-0.15, -0.1) is 0 Å². The number of fused-ring (bicyclic) bond motifs is 1. The van der Waals surface area contributed by atoms with E-state index in [1.807, 2.05) is 0 Å². The monoisotopic (exact) mass is 505 g/mol. The van der Waals surface area contributed by atoms with Gasteiger partial charge in [0.15, 0.2) is 5.78 Å². The second-order valence-corrected chi connectivity index (χ2v) is 7.65. The molecular formula is C17H12Br2ClF2N3O. The van der Waals surface area contributed by atoms with Crippen molar-refractivity contribution in [1.29, 1.82) is 5.41 Å². The summed E-state index contributed by atoms with van der Waals surface area (Å²) in [6.07, 6.45) is 0. The quantitative estimate of drug-likeness (QED) is 0.498. The number of hydrogen-bond acceptors (Lipinski definition) is 2. The number of alkyl halides is 1. The fraction of sp³-hybridized carbons (Fsp3) is 0.176. The van der Waals surface area contributed by atoms with Gasteiger partial charge in [0.25, 0.3) is 0 Å². The van der Waals surface area contributed by atoms with Crippen LogP contribution in [0.4, 0.5) is 8.78 Å². The molecule has 0 aliphatic rings. The van der Waals surface area contributed by atoms with Crippen molar-refractivity contribution >= 4 is 60.3 Å². The predicted molar refractivity (Wildman–Crippen MR) is 103 cm³/mol. The van der Waals surface area contributed by atoms with E-state index < -0.39 is 18.3 Å². The molecule has 1 aromatic heterocycles. The number of benzene rings is 2. The first kappa shape index (κ1) is 19.3. The standard InChI is InChI=1S/C17H12Br2ClF2N3O/c1-24-15-12(25(5-4-21)17(24)23)7-10(18)13(14(15)19)16(26)9-6-8(22)2-3-11(9)20/h2-3,6-7,23H,4-5H2,1H3. The number of hydrogen-bond donors (Lipinski definition) is 1. The molecule has 0 fully saturated rings. The lowest BCUT2D eigenvalue weighted by atomic mass is 10.0. The van der Waals surface area contributed by atoms with E-state index in [0.29, 0.717) is 20.0 Å². The van der Waals surface area contributed by atoms with Gasteiger partial charge in [-0.25, -0.2) is 8.78 Å². The summed E-state index contributed by atoms with van der Waals surface area (Å²) in [5.41, 5.74) is 1.53. The van der Waals surface area contributed by atoms with Crippen LogP contribution in [-0.2, 0) is 13.6 Å². The fourth-order valence-electron chi connectivity index (χ4n) is 2.85. The van der Waals surface area contributed by atoms with E-state index in [2.05, 4.69) is 31.9 Å². The summed E-state index contributed by atoms with van der Waals surface area (Å²) in [5, 5.41) is 8.30. The van der Waals surface area contributed by atoms with Crippen LogP contribution < -0.4 is 5.62 Å². The van der Waals surface area contributed by atoms with Crippen molar-refractivity contribution in [1.82, 2.24) is 9.13 Å². The van der Waals surface area contributed by atoms with E-state index >= 15 is 0 Å². The summed E-state index contributed by atoms with van der Waals surface area (Å²) in [6.45, 7) is -0.595. The van der Waals surface area contributed by atoms with E-state index in [4.69, 9.17) is 17.0 Å². The lowest BCUT2D eigenvalue weighted by Crippen LogP contribution is -2.23. The predicted octanol–water partition coefficient (Wildman–Crippen LogP) is 4.98. The molecule has 0 unspecified atom stereocenters. The van der Waals surface area contributed by atoms with Crippen molar-refractivity contribution in [3.63, 3.8) is 0 Å². The lowest BCUT2D eigenvalue weighted by Gasteiger charge is -2.11. The maximum atomic E-state index is 13.6. The SMILES string of the molecule is Cn1c(=N)n(CCF)c2cc(Br)c(C(=O)c3cc(F)ccc3Cl)c(Br)c21. The number of nitrogens with one attached hydrogen (secondary N) is 1. The van der Waals surface area contributed by atoms with Gasteiger partial charge in [-0.2, -0.15) is 0 Å². The molecule has 9 heteroatoms. The number of halogens is 5. The summed E-state index contributed by atoms with van der Waals surface area (Å²) in [4.78, 5) is 13.0. The smallest absolute Gasteiger partial charge is 0.202 e. The second-order valence-electron chi connectivity index (χ2n) is 5.59. The number of carbonyl (C=O) groups excluding carboxylic acids is 1. The van der Waals surface area contributed by atoms with E-state index in [9.17, 15) is 13.6 Å². The number of ketones is 1. The Morgan fingerprint density at radius 1 is 1.31 bits per heavy atom. The maximum absolute atomic E-state index is 13.6. The van der Waals surface area contributed by atoms with Crippen molar-refractivity contribution in [2.45, 2.75) is 6.54 Å². The third kappa shape index (κ3) is 3.04. The van der Waals surface area contributed by atoms with Gasteiger partial charge in [0.05, 0.1) is 32.6 Å². The second kappa shape index (κ2) is 7.25. The highest BCUT2D eigenvalue weighted by Crippen LogP contribution is 2.36. The first-order valence-electron chi connectivity index (χ1n) is 7.45. The average Bonchev–Trinajstić information content (AvgIpc) is 2.82. The van der Waals surface area contributed by atoms with Crippen LogP contribution in [0, 0.1) is 11.2 Å². The van der Waals surface area contributed by atoms with Gasteiger partial charge in [-0.05, 0) is 56.1 Å². The normalized spacial score (nSPS) is 11.3. The van der Waals surface area contributed by atoms with Gasteiger partial charge in [0.2, 0.25) is 5.62 Å². The van der Waals surface area contributed by atoms with Crippen molar-refractivity contribution in [3.8, 4) is 0 Å². The van der Waals surface area contributed by atoms with E-state index in [1.54, 1.807) is 17.7 Å². The molecule has 4 nitrogen and oxygen atoms in total. The Labute approximate surface area is 169 Å². The van der Waals surface area contributed by atoms with Crippen LogP contribution in [0.5, 0.6) is 0 Å². The highest BCUT2D eigenvalue weighted by molar-refractivity contribution is 9.11. The van der Waals surface area contributed by atoms with Gasteiger partial charge < -0.3 is 9.13 Å². The molecule has 3 rings (SSSR count). The topological polar surface area (TPSA) is 50.8 Å². The van der Waals surface area contributed by atoms with E-state index in [-0.39, 0.29) is 28.3 Å². The number of nitrogens with zero attached hydrogens (tertiary/aromatic N) is 2. The van der Waals surface area contributed by atoms with Crippen LogP contribution in [0.15, 0.2) is 33.2 Å². The largest absolute Gasteiger partial charge is 0.313 e. The van der Waals surface area contributed by atoms with E-state index in [1.165, 1.54) is 16.7 Å². The molecule has 0 spiro atoms. The van der Waals surface area contributed by atoms with Gasteiger partial charge in [-0.3, -0.25) is 10.2 Å². The molecule has 2 aromatic carbocycles. The Bertz CT molecular complexity index is 1110. The molecule has 0 radical (unpaired) electrons. The van der Waals surface area contributed by atoms with Gasteiger partial charge >= 0.3 is 0 Å². The number of aryl methyl sites for hydroxylation is 2. The molecule has 1 heterocycles. The van der Waals surface area contributed by atoms with Crippen LogP contribution in [0.25, 0.3) is 11.0 Å². The van der Waals surface area contributed by atoms with Crippen LogP contribution in [-0.4, -0.2) is 21.6 Å². The van der Waals surface area contributed by atoms with Crippen molar-refractivity contribution in [2.24, 2.45) is 7.05 Å². The van der Waals surface area contributed by atoms with Crippen LogP contribution in [0.1, 0.15) is 15.9 Å². The lowest BCUT2D eigenvalue weighted by molar-refractivity contribution is 0.103. The Morgan fingerprint density at radius 2 is 2.00 bits per heavy atom. The fourth-order valence-corrected chi connectivity index (χ4v) is 4.77. The van der Waals surface area contributed by atoms with Crippen LogP contribution in [0.2, 0.25) is 5.02 Å². The summed E-state index contributed by atoms with van der Waals surface area (Å²) < 4.78 is 30.4.